The van der Waals surface area contributed by atoms with Gasteiger partial charge in [0.2, 0.25) is 12.7 Å². The van der Waals surface area contributed by atoms with E-state index < -0.39 is 11.2 Å². The minimum absolute atomic E-state index is 0.0300. The zero-order valence-corrected chi connectivity index (χ0v) is 13.8. The van der Waals surface area contributed by atoms with Gasteiger partial charge in [-0.15, -0.1) is 0 Å². The average molecular weight is 355 g/mol. The summed E-state index contributed by atoms with van der Waals surface area (Å²) in [6.45, 7) is 0.173. The Balaban J connectivity index is 1.86. The Kier molecular flexibility index (Phi) is 3.85. The van der Waals surface area contributed by atoms with Gasteiger partial charge in [-0.05, 0) is 18.2 Å². The van der Waals surface area contributed by atoms with Crippen LogP contribution >= 0.6 is 12.6 Å². The molecule has 0 fully saturated rings. The first-order valence-electron chi connectivity index (χ1n) is 7.50. The van der Waals surface area contributed by atoms with Gasteiger partial charge < -0.3 is 19.0 Å². The predicted molar refractivity (Wildman–Crippen MR) is 92.9 cm³/mol. The van der Waals surface area contributed by atoms with Gasteiger partial charge in [0.15, 0.2) is 22.5 Å². The molecule has 7 heteroatoms. The third-order valence-electron chi connectivity index (χ3n) is 3.79. The molecule has 1 aromatic heterocycles. The van der Waals surface area contributed by atoms with E-state index in [9.17, 15) is 9.90 Å². The predicted octanol–water partition coefficient (Wildman–Crippen LogP) is 3.79. The van der Waals surface area contributed by atoms with Crippen molar-refractivity contribution in [2.75, 3.05) is 6.79 Å². The van der Waals surface area contributed by atoms with Crippen LogP contribution in [0.5, 0.6) is 11.5 Å². The number of rotatable bonds is 4. The lowest BCUT2D eigenvalue weighted by Crippen LogP contribution is -2.05. The number of carbonyl (C=O) groups is 1. The fourth-order valence-corrected chi connectivity index (χ4v) is 2.69. The summed E-state index contributed by atoms with van der Waals surface area (Å²) in [6.07, 6.45) is 0. The minimum atomic E-state index is -1.15. The average Bonchev–Trinajstić information content (AvgIpc) is 3.28. The van der Waals surface area contributed by atoms with Crippen molar-refractivity contribution in [3.8, 4) is 34.1 Å². The second-order valence-electron chi connectivity index (χ2n) is 5.40. The molecule has 4 rings (SSSR count). The number of fused-ring (bicyclic) bond motifs is 1. The zero-order chi connectivity index (χ0) is 17.4. The smallest absolute Gasteiger partial charge is 0.325 e. The number of hydrogen-bond acceptors (Lipinski definition) is 6. The van der Waals surface area contributed by atoms with Crippen molar-refractivity contribution >= 4 is 18.6 Å². The Bertz CT molecular complexity index is 938. The molecular formula is C18H13NO5S. The molecule has 0 saturated carbocycles. The standard InChI is InChI=1S/C18H13NO5S/c20-18(21)16(25)17-19-14(15(24-17)10-4-2-1-3-5-10)11-6-7-12-13(8-11)23-9-22-12/h1-8,16,25H,9H2,(H,20,21). The van der Waals surface area contributed by atoms with Crippen LogP contribution in [0.15, 0.2) is 52.9 Å². The summed E-state index contributed by atoms with van der Waals surface area (Å²) in [7, 11) is 0. The summed E-state index contributed by atoms with van der Waals surface area (Å²) in [4.78, 5) is 15.6. The highest BCUT2D eigenvalue weighted by atomic mass is 32.1. The van der Waals surface area contributed by atoms with Gasteiger partial charge in [-0.2, -0.15) is 12.6 Å². The Hall–Kier alpha value is -2.93. The number of benzene rings is 2. The van der Waals surface area contributed by atoms with E-state index in [0.717, 1.165) is 11.1 Å². The zero-order valence-electron chi connectivity index (χ0n) is 12.9. The molecule has 0 aliphatic carbocycles. The number of ether oxygens (including phenoxy) is 2. The molecule has 6 nitrogen and oxygen atoms in total. The number of aliphatic carboxylic acids is 1. The fraction of sp³-hybridized carbons (Fsp3) is 0.111. The monoisotopic (exact) mass is 355 g/mol. The Morgan fingerprint density at radius 3 is 2.60 bits per heavy atom. The van der Waals surface area contributed by atoms with E-state index in [1.165, 1.54) is 0 Å². The van der Waals surface area contributed by atoms with Gasteiger partial charge in [0.1, 0.15) is 5.69 Å². The van der Waals surface area contributed by atoms with Gasteiger partial charge in [-0.3, -0.25) is 4.79 Å². The second kappa shape index (κ2) is 6.18. The molecule has 1 unspecified atom stereocenters. The van der Waals surface area contributed by atoms with Crippen LogP contribution in [0.2, 0.25) is 0 Å². The lowest BCUT2D eigenvalue weighted by atomic mass is 10.1. The lowest BCUT2D eigenvalue weighted by Gasteiger charge is -2.03. The molecule has 1 N–H and O–H groups in total. The van der Waals surface area contributed by atoms with Crippen molar-refractivity contribution in [2.45, 2.75) is 5.25 Å². The first kappa shape index (κ1) is 15.6. The third-order valence-corrected chi connectivity index (χ3v) is 4.24. The lowest BCUT2D eigenvalue weighted by molar-refractivity contribution is -0.136. The summed E-state index contributed by atoms with van der Waals surface area (Å²) >= 11 is 4.06. The molecule has 0 radical (unpaired) electrons. The van der Waals surface area contributed by atoms with Crippen LogP contribution in [0.1, 0.15) is 11.1 Å². The summed E-state index contributed by atoms with van der Waals surface area (Å²) in [5.74, 6) is 0.659. The summed E-state index contributed by atoms with van der Waals surface area (Å²) in [5.41, 5.74) is 2.06. The third kappa shape index (κ3) is 2.83. The van der Waals surface area contributed by atoms with Gasteiger partial charge in [0.25, 0.3) is 0 Å². The van der Waals surface area contributed by atoms with Gasteiger partial charge in [0.05, 0.1) is 0 Å². The number of carboxylic acids is 1. The van der Waals surface area contributed by atoms with E-state index in [-0.39, 0.29) is 12.7 Å². The van der Waals surface area contributed by atoms with Gasteiger partial charge in [-0.1, -0.05) is 30.3 Å². The van der Waals surface area contributed by atoms with Crippen LogP contribution in [0.25, 0.3) is 22.6 Å². The number of aromatic nitrogens is 1. The van der Waals surface area contributed by atoms with E-state index in [1.54, 1.807) is 12.1 Å². The molecule has 1 aliphatic heterocycles. The van der Waals surface area contributed by atoms with Crippen molar-refractivity contribution in [1.82, 2.24) is 4.98 Å². The summed E-state index contributed by atoms with van der Waals surface area (Å²) in [5, 5.41) is 8.04. The molecule has 1 aliphatic rings. The van der Waals surface area contributed by atoms with Crippen LogP contribution in [-0.4, -0.2) is 22.9 Å². The van der Waals surface area contributed by atoms with E-state index >= 15 is 0 Å². The molecule has 0 bridgehead atoms. The molecule has 1 atom stereocenters. The number of carboxylic acid groups (broad SMARTS) is 1. The number of oxazole rings is 1. The van der Waals surface area contributed by atoms with Crippen LogP contribution < -0.4 is 9.47 Å². The summed E-state index contributed by atoms with van der Waals surface area (Å²) in [6, 6.07) is 14.8. The maximum atomic E-state index is 11.2. The molecule has 0 saturated heterocycles. The normalized spacial score (nSPS) is 13.6. The highest BCUT2D eigenvalue weighted by molar-refractivity contribution is 7.81. The van der Waals surface area contributed by atoms with Crippen molar-refractivity contribution in [3.63, 3.8) is 0 Å². The van der Waals surface area contributed by atoms with E-state index in [4.69, 9.17) is 13.9 Å². The first-order valence-corrected chi connectivity index (χ1v) is 8.02. The van der Waals surface area contributed by atoms with Crippen LogP contribution in [0.3, 0.4) is 0 Å². The van der Waals surface area contributed by atoms with E-state index in [1.807, 2.05) is 36.4 Å². The largest absolute Gasteiger partial charge is 0.480 e. The van der Waals surface area contributed by atoms with Gasteiger partial charge >= 0.3 is 5.97 Å². The minimum Gasteiger partial charge on any atom is -0.480 e. The Morgan fingerprint density at radius 1 is 1.08 bits per heavy atom. The maximum Gasteiger partial charge on any atom is 0.325 e. The molecule has 2 heterocycles. The molecule has 2 aromatic carbocycles. The number of thiol groups is 1. The quantitative estimate of drug-likeness (QED) is 0.693. The fourth-order valence-electron chi connectivity index (χ4n) is 2.58. The SMILES string of the molecule is O=C(O)C(S)c1nc(-c2ccc3c(c2)OCO3)c(-c2ccccc2)o1. The topological polar surface area (TPSA) is 81.8 Å². The highest BCUT2D eigenvalue weighted by Crippen LogP contribution is 2.40. The molecule has 25 heavy (non-hydrogen) atoms. The van der Waals surface area contributed by atoms with Gasteiger partial charge in [0, 0.05) is 11.1 Å². The van der Waals surface area contributed by atoms with E-state index in [2.05, 4.69) is 17.6 Å². The maximum absolute atomic E-state index is 11.2. The van der Waals surface area contributed by atoms with Crippen molar-refractivity contribution in [3.05, 3.63) is 54.4 Å². The highest BCUT2D eigenvalue weighted by Gasteiger charge is 2.26. The molecule has 3 aromatic rings. The summed E-state index contributed by atoms with van der Waals surface area (Å²) < 4.78 is 16.5. The van der Waals surface area contributed by atoms with Crippen molar-refractivity contribution < 1.29 is 23.8 Å². The molecular weight excluding hydrogens is 342 g/mol. The van der Waals surface area contributed by atoms with E-state index in [0.29, 0.717) is 23.0 Å². The number of nitrogens with zero attached hydrogens (tertiary/aromatic N) is 1. The molecule has 126 valence electrons. The second-order valence-corrected chi connectivity index (χ2v) is 5.92. The Labute approximate surface area is 148 Å². The van der Waals surface area contributed by atoms with Gasteiger partial charge in [-0.25, -0.2) is 4.98 Å². The van der Waals surface area contributed by atoms with Crippen LogP contribution in [0.4, 0.5) is 0 Å². The Morgan fingerprint density at radius 2 is 1.84 bits per heavy atom. The van der Waals surface area contributed by atoms with Crippen LogP contribution in [-0.2, 0) is 4.79 Å². The van der Waals surface area contributed by atoms with Crippen molar-refractivity contribution in [1.29, 1.82) is 0 Å². The molecule has 0 spiro atoms. The number of hydrogen-bond donors (Lipinski definition) is 2. The molecule has 0 amide bonds. The van der Waals surface area contributed by atoms with Crippen molar-refractivity contribution in [2.24, 2.45) is 0 Å². The van der Waals surface area contributed by atoms with Crippen LogP contribution in [0, 0.1) is 0 Å². The first-order chi connectivity index (χ1) is 12.1.